The van der Waals surface area contributed by atoms with Crippen molar-refractivity contribution < 1.29 is 27.2 Å². The molecule has 2 aromatic heterocycles. The molecule has 158 valence electrons. The summed E-state index contributed by atoms with van der Waals surface area (Å²) in [4.78, 5) is 25.7. The van der Waals surface area contributed by atoms with Crippen LogP contribution in [-0.4, -0.2) is 44.3 Å². The second kappa shape index (κ2) is 9.10. The van der Waals surface area contributed by atoms with Gasteiger partial charge in [0.05, 0.1) is 12.2 Å². The Labute approximate surface area is 173 Å². The molecule has 1 aliphatic heterocycles. The van der Waals surface area contributed by atoms with E-state index in [1.165, 1.54) is 27.8 Å². The van der Waals surface area contributed by atoms with E-state index in [0.717, 1.165) is 24.1 Å². The third kappa shape index (κ3) is 4.71. The minimum atomic E-state index is -3.76. The third-order valence-electron chi connectivity index (χ3n) is 4.57. The number of anilines is 1. The van der Waals surface area contributed by atoms with E-state index in [-0.39, 0.29) is 23.0 Å². The van der Waals surface area contributed by atoms with E-state index in [9.17, 15) is 18.0 Å². The van der Waals surface area contributed by atoms with Gasteiger partial charge >= 0.3 is 5.97 Å². The van der Waals surface area contributed by atoms with Crippen LogP contribution in [0.4, 0.5) is 5.00 Å². The molecule has 0 spiro atoms. The number of sulfonamides is 1. The minimum absolute atomic E-state index is 0.137. The SMILES string of the molecule is CCOC(=O)c1cc(CC)sc1NC(=O)c1ccc(S(=O)(=O)N2CCCCC2)o1. The summed E-state index contributed by atoms with van der Waals surface area (Å²) in [6.45, 7) is 4.76. The lowest BCUT2D eigenvalue weighted by Gasteiger charge is -2.24. The second-order valence-corrected chi connectivity index (χ2v) is 9.57. The first-order valence-electron chi connectivity index (χ1n) is 9.58. The molecule has 0 atom stereocenters. The first kappa shape index (κ1) is 21.5. The molecule has 1 aliphatic rings. The summed E-state index contributed by atoms with van der Waals surface area (Å²) in [5, 5.41) is 2.74. The molecule has 2 aromatic rings. The molecule has 29 heavy (non-hydrogen) atoms. The highest BCUT2D eigenvalue weighted by Gasteiger charge is 2.30. The molecule has 3 rings (SSSR count). The van der Waals surface area contributed by atoms with E-state index in [1.54, 1.807) is 13.0 Å². The number of esters is 1. The fraction of sp³-hybridized carbons (Fsp3) is 0.474. The maximum absolute atomic E-state index is 12.7. The van der Waals surface area contributed by atoms with Gasteiger partial charge in [-0.3, -0.25) is 4.79 Å². The van der Waals surface area contributed by atoms with E-state index in [4.69, 9.17) is 9.15 Å². The predicted molar refractivity (Wildman–Crippen MR) is 109 cm³/mol. The van der Waals surface area contributed by atoms with Crippen molar-refractivity contribution in [2.45, 2.75) is 44.6 Å². The highest BCUT2D eigenvalue weighted by molar-refractivity contribution is 7.89. The molecular weight excluding hydrogens is 416 g/mol. The van der Waals surface area contributed by atoms with E-state index < -0.39 is 21.9 Å². The summed E-state index contributed by atoms with van der Waals surface area (Å²) in [6.07, 6.45) is 3.32. The van der Waals surface area contributed by atoms with Crippen molar-refractivity contribution in [3.8, 4) is 0 Å². The number of rotatable bonds is 7. The summed E-state index contributed by atoms with van der Waals surface area (Å²) in [5.41, 5.74) is 0.273. The van der Waals surface area contributed by atoms with Crippen LogP contribution < -0.4 is 5.32 Å². The van der Waals surface area contributed by atoms with Crippen LogP contribution in [0.5, 0.6) is 0 Å². The van der Waals surface area contributed by atoms with Crippen LogP contribution >= 0.6 is 11.3 Å². The molecule has 0 unspecified atom stereocenters. The van der Waals surface area contributed by atoms with Gasteiger partial charge in [0, 0.05) is 18.0 Å². The zero-order chi connectivity index (χ0) is 21.0. The van der Waals surface area contributed by atoms with Crippen molar-refractivity contribution in [2.75, 3.05) is 25.0 Å². The molecule has 1 fully saturated rings. The van der Waals surface area contributed by atoms with Crippen LogP contribution in [0.15, 0.2) is 27.7 Å². The molecule has 1 N–H and O–H groups in total. The van der Waals surface area contributed by atoms with Gasteiger partial charge in [-0.05, 0) is 44.4 Å². The molecular formula is C19H24N2O6S2. The van der Waals surface area contributed by atoms with Gasteiger partial charge in [0.1, 0.15) is 5.00 Å². The number of thiophene rings is 1. The van der Waals surface area contributed by atoms with Crippen molar-refractivity contribution in [3.05, 3.63) is 34.4 Å². The van der Waals surface area contributed by atoms with Crippen LogP contribution in [-0.2, 0) is 21.2 Å². The van der Waals surface area contributed by atoms with Crippen LogP contribution in [0.2, 0.25) is 0 Å². The number of ether oxygens (including phenoxy) is 1. The Bertz CT molecular complexity index is 986. The van der Waals surface area contributed by atoms with Crippen LogP contribution in [0.25, 0.3) is 0 Å². The Morgan fingerprint density at radius 1 is 1.21 bits per heavy atom. The largest absolute Gasteiger partial charge is 0.462 e. The zero-order valence-electron chi connectivity index (χ0n) is 16.4. The highest BCUT2D eigenvalue weighted by Crippen LogP contribution is 2.30. The summed E-state index contributed by atoms with van der Waals surface area (Å²) >= 11 is 1.27. The maximum atomic E-state index is 12.7. The Balaban J connectivity index is 1.79. The number of aryl methyl sites for hydroxylation is 1. The van der Waals surface area contributed by atoms with Crippen LogP contribution in [0, 0.1) is 0 Å². The number of hydrogen-bond acceptors (Lipinski definition) is 7. The fourth-order valence-corrected chi connectivity index (χ4v) is 5.46. The van der Waals surface area contributed by atoms with Gasteiger partial charge in [-0.2, -0.15) is 4.31 Å². The number of carbonyl (C=O) groups excluding carboxylic acids is 2. The number of nitrogens with one attached hydrogen (secondary N) is 1. The molecule has 0 aromatic carbocycles. The average molecular weight is 441 g/mol. The topological polar surface area (TPSA) is 106 Å². The van der Waals surface area contributed by atoms with Gasteiger partial charge in [0.25, 0.3) is 15.9 Å². The summed E-state index contributed by atoms with van der Waals surface area (Å²) in [5.74, 6) is -1.28. The third-order valence-corrected chi connectivity index (χ3v) is 7.54. The van der Waals surface area contributed by atoms with E-state index in [0.29, 0.717) is 24.5 Å². The van der Waals surface area contributed by atoms with Gasteiger partial charge in [-0.1, -0.05) is 13.3 Å². The highest BCUT2D eigenvalue weighted by atomic mass is 32.2. The first-order valence-corrected chi connectivity index (χ1v) is 11.8. The van der Waals surface area contributed by atoms with Gasteiger partial charge in [0.2, 0.25) is 5.09 Å². The number of carbonyl (C=O) groups is 2. The standard InChI is InChI=1S/C19H24N2O6S2/c1-3-13-12-14(19(23)26-4-2)18(28-13)20-17(22)15-8-9-16(27-15)29(24,25)21-10-6-5-7-11-21/h8-9,12H,3-7,10-11H2,1-2H3,(H,20,22). The van der Waals surface area contributed by atoms with E-state index in [1.807, 2.05) is 6.92 Å². The van der Waals surface area contributed by atoms with E-state index >= 15 is 0 Å². The summed E-state index contributed by atoms with van der Waals surface area (Å²) in [6, 6.07) is 4.30. The monoisotopic (exact) mass is 440 g/mol. The minimum Gasteiger partial charge on any atom is -0.462 e. The smallest absolute Gasteiger partial charge is 0.341 e. The van der Waals surface area contributed by atoms with Crippen molar-refractivity contribution in [3.63, 3.8) is 0 Å². The molecule has 10 heteroatoms. The van der Waals surface area contributed by atoms with Crippen molar-refractivity contribution >= 4 is 38.2 Å². The van der Waals surface area contributed by atoms with Crippen molar-refractivity contribution in [1.82, 2.24) is 4.31 Å². The summed E-state index contributed by atoms with van der Waals surface area (Å²) in [7, 11) is -3.76. The average Bonchev–Trinajstić information content (AvgIpc) is 3.36. The van der Waals surface area contributed by atoms with Gasteiger partial charge in [-0.15, -0.1) is 11.3 Å². The van der Waals surface area contributed by atoms with Crippen LogP contribution in [0.3, 0.4) is 0 Å². The van der Waals surface area contributed by atoms with Crippen molar-refractivity contribution in [2.24, 2.45) is 0 Å². The lowest BCUT2D eigenvalue weighted by molar-refractivity contribution is 0.0528. The zero-order valence-corrected chi connectivity index (χ0v) is 18.0. The number of furan rings is 1. The molecule has 3 heterocycles. The Hall–Kier alpha value is -2.17. The normalized spacial score (nSPS) is 15.2. The Kier molecular flexibility index (Phi) is 6.76. The van der Waals surface area contributed by atoms with Gasteiger partial charge in [0.15, 0.2) is 5.76 Å². The first-order chi connectivity index (χ1) is 13.9. The number of amides is 1. The fourth-order valence-electron chi connectivity index (χ4n) is 3.05. The number of hydrogen-bond donors (Lipinski definition) is 1. The predicted octanol–water partition coefficient (Wildman–Crippen LogP) is 3.51. The molecule has 0 saturated carbocycles. The molecule has 1 amide bonds. The quantitative estimate of drug-likeness (QED) is 0.661. The second-order valence-electron chi connectivity index (χ2n) is 6.57. The van der Waals surface area contributed by atoms with Crippen molar-refractivity contribution in [1.29, 1.82) is 0 Å². The molecule has 1 saturated heterocycles. The molecule has 0 aliphatic carbocycles. The molecule has 0 radical (unpaired) electrons. The lowest BCUT2D eigenvalue weighted by atomic mass is 10.2. The summed E-state index contributed by atoms with van der Waals surface area (Å²) < 4.78 is 37.1. The molecule has 8 nitrogen and oxygen atoms in total. The molecule has 0 bridgehead atoms. The maximum Gasteiger partial charge on any atom is 0.341 e. The lowest BCUT2D eigenvalue weighted by Crippen LogP contribution is -2.35. The van der Waals surface area contributed by atoms with E-state index in [2.05, 4.69) is 5.32 Å². The Morgan fingerprint density at radius 3 is 2.59 bits per heavy atom. The Morgan fingerprint density at radius 2 is 1.93 bits per heavy atom. The number of piperidine rings is 1. The van der Waals surface area contributed by atoms with Crippen LogP contribution in [0.1, 0.15) is 58.9 Å². The van der Waals surface area contributed by atoms with Gasteiger partial charge < -0.3 is 14.5 Å². The van der Waals surface area contributed by atoms with Gasteiger partial charge in [-0.25, -0.2) is 13.2 Å². The number of nitrogens with zero attached hydrogens (tertiary/aromatic N) is 1.